The third kappa shape index (κ3) is 2.13. The quantitative estimate of drug-likeness (QED) is 0.784. The van der Waals surface area contributed by atoms with E-state index in [4.69, 9.17) is 4.74 Å². The van der Waals surface area contributed by atoms with Crippen molar-refractivity contribution in [2.75, 3.05) is 19.7 Å². The van der Waals surface area contributed by atoms with Crippen LogP contribution >= 0.6 is 0 Å². The van der Waals surface area contributed by atoms with Crippen molar-refractivity contribution in [3.05, 3.63) is 0 Å². The van der Waals surface area contributed by atoms with E-state index in [1.165, 1.54) is 45.2 Å². The summed E-state index contributed by atoms with van der Waals surface area (Å²) in [7, 11) is 0. The van der Waals surface area contributed by atoms with Gasteiger partial charge in [0, 0.05) is 31.3 Å². The number of hydrogen-bond acceptors (Lipinski definition) is 3. The van der Waals surface area contributed by atoms with E-state index in [1.54, 1.807) is 0 Å². The maximum atomic E-state index is 5.65. The van der Waals surface area contributed by atoms with E-state index in [9.17, 15) is 0 Å². The van der Waals surface area contributed by atoms with Gasteiger partial charge in [0.2, 0.25) is 0 Å². The molecule has 0 radical (unpaired) electrons. The van der Waals surface area contributed by atoms with Crippen molar-refractivity contribution in [1.82, 2.24) is 10.2 Å². The predicted molar refractivity (Wildman–Crippen MR) is 64.6 cm³/mol. The van der Waals surface area contributed by atoms with Crippen molar-refractivity contribution in [2.45, 2.75) is 63.3 Å². The number of nitrogens with one attached hydrogen (secondary N) is 1. The molecule has 2 aliphatic heterocycles. The Morgan fingerprint density at radius 2 is 2.00 bits per heavy atom. The molecule has 0 aromatic carbocycles. The molecule has 0 spiro atoms. The Kier molecular flexibility index (Phi) is 3.18. The Morgan fingerprint density at radius 3 is 2.81 bits per heavy atom. The number of nitrogens with zero attached hydrogens (tertiary/aromatic N) is 1. The minimum absolute atomic E-state index is 0.559. The molecule has 0 aromatic rings. The number of rotatable bonds is 3. The van der Waals surface area contributed by atoms with Gasteiger partial charge in [-0.15, -0.1) is 0 Å². The second kappa shape index (κ2) is 4.63. The van der Waals surface area contributed by atoms with Gasteiger partial charge < -0.3 is 10.1 Å². The first kappa shape index (κ1) is 11.0. The molecule has 1 N–H and O–H groups in total. The summed E-state index contributed by atoms with van der Waals surface area (Å²) >= 11 is 0. The average molecular weight is 224 g/mol. The van der Waals surface area contributed by atoms with E-state index in [2.05, 4.69) is 17.1 Å². The van der Waals surface area contributed by atoms with Gasteiger partial charge in [0.05, 0.1) is 6.10 Å². The molecule has 3 heteroatoms. The van der Waals surface area contributed by atoms with Gasteiger partial charge in [0.25, 0.3) is 0 Å². The molecule has 2 saturated heterocycles. The van der Waals surface area contributed by atoms with Crippen LogP contribution in [0.2, 0.25) is 0 Å². The van der Waals surface area contributed by atoms with Crippen LogP contribution in [0.3, 0.4) is 0 Å². The largest absolute Gasteiger partial charge is 0.378 e. The van der Waals surface area contributed by atoms with Crippen LogP contribution in [0.1, 0.15) is 39.0 Å². The summed E-state index contributed by atoms with van der Waals surface area (Å²) in [6.07, 6.45) is 7.25. The average Bonchev–Trinajstić information content (AvgIpc) is 2.53. The molecule has 92 valence electrons. The Hall–Kier alpha value is -0.120. The molecule has 2 heterocycles. The van der Waals surface area contributed by atoms with Gasteiger partial charge in [-0.25, -0.2) is 0 Å². The molecule has 3 nitrogen and oxygen atoms in total. The highest BCUT2D eigenvalue weighted by Gasteiger charge is 2.38. The zero-order valence-electron chi connectivity index (χ0n) is 10.3. The number of fused-ring (bicyclic) bond motifs is 2. The first-order valence-electron chi connectivity index (χ1n) is 6.97. The Balaban J connectivity index is 1.49. The molecule has 3 fully saturated rings. The van der Waals surface area contributed by atoms with Crippen LogP contribution in [0, 0.1) is 0 Å². The highest BCUT2D eigenvalue weighted by Crippen LogP contribution is 2.31. The van der Waals surface area contributed by atoms with E-state index in [-0.39, 0.29) is 0 Å². The summed E-state index contributed by atoms with van der Waals surface area (Å²) in [4.78, 5) is 2.71. The van der Waals surface area contributed by atoms with Crippen LogP contribution in [-0.2, 0) is 4.74 Å². The van der Waals surface area contributed by atoms with Gasteiger partial charge in [-0.1, -0.05) is 0 Å². The second-order valence-electron chi connectivity index (χ2n) is 5.62. The van der Waals surface area contributed by atoms with E-state index in [0.29, 0.717) is 6.10 Å². The van der Waals surface area contributed by atoms with Crippen molar-refractivity contribution >= 4 is 0 Å². The molecule has 3 rings (SSSR count). The Labute approximate surface area is 98.5 Å². The molecule has 1 saturated carbocycles. The first-order chi connectivity index (χ1) is 7.85. The van der Waals surface area contributed by atoms with Crippen LogP contribution in [0.5, 0.6) is 0 Å². The molecule has 2 bridgehead atoms. The molecule has 16 heavy (non-hydrogen) atoms. The first-order valence-corrected chi connectivity index (χ1v) is 6.97. The van der Waals surface area contributed by atoms with Crippen LogP contribution < -0.4 is 5.32 Å². The molecule has 0 amide bonds. The van der Waals surface area contributed by atoms with Crippen molar-refractivity contribution in [3.63, 3.8) is 0 Å². The summed E-state index contributed by atoms with van der Waals surface area (Å²) in [6, 6.07) is 2.41. The maximum Gasteiger partial charge on any atom is 0.0604 e. The highest BCUT2D eigenvalue weighted by molar-refractivity contribution is 4.95. The van der Waals surface area contributed by atoms with E-state index in [0.717, 1.165) is 24.7 Å². The fraction of sp³-hybridized carbons (Fsp3) is 1.00. The number of likely N-dealkylation sites (tertiary alicyclic amines) is 1. The minimum atomic E-state index is 0.559. The lowest BCUT2D eigenvalue weighted by atomic mass is 9.87. The standard InChI is InChI=1S/C13H24N2O/c1-2-16-13-7-12(8-13)15-6-5-10-3-4-11(9-15)14-10/h10-14H,2-9H2,1H3. The number of ether oxygens (including phenoxy) is 1. The van der Waals surface area contributed by atoms with E-state index >= 15 is 0 Å². The molecular formula is C13H24N2O. The van der Waals surface area contributed by atoms with Crippen LogP contribution in [0.15, 0.2) is 0 Å². The highest BCUT2D eigenvalue weighted by atomic mass is 16.5. The predicted octanol–water partition coefficient (Wildman–Crippen LogP) is 1.38. The third-order valence-corrected chi connectivity index (χ3v) is 4.54. The summed E-state index contributed by atoms with van der Waals surface area (Å²) in [5.41, 5.74) is 0. The van der Waals surface area contributed by atoms with Gasteiger partial charge in [0.15, 0.2) is 0 Å². The van der Waals surface area contributed by atoms with Gasteiger partial charge in [-0.3, -0.25) is 4.90 Å². The lowest BCUT2D eigenvalue weighted by Crippen LogP contribution is -2.50. The smallest absolute Gasteiger partial charge is 0.0604 e. The SMILES string of the molecule is CCOC1CC(N2CCC3CCC(C2)N3)C1. The van der Waals surface area contributed by atoms with Crippen LogP contribution in [0.4, 0.5) is 0 Å². The van der Waals surface area contributed by atoms with E-state index in [1.807, 2.05) is 0 Å². The summed E-state index contributed by atoms with van der Waals surface area (Å²) in [6.45, 7) is 5.56. The zero-order chi connectivity index (χ0) is 11.0. The monoisotopic (exact) mass is 224 g/mol. The lowest BCUT2D eigenvalue weighted by molar-refractivity contribution is -0.0471. The van der Waals surface area contributed by atoms with Gasteiger partial charge in [0.1, 0.15) is 0 Å². The Morgan fingerprint density at radius 1 is 1.19 bits per heavy atom. The third-order valence-electron chi connectivity index (χ3n) is 4.54. The van der Waals surface area contributed by atoms with Crippen molar-refractivity contribution in [3.8, 4) is 0 Å². The van der Waals surface area contributed by atoms with Gasteiger partial charge in [-0.2, -0.15) is 0 Å². The molecule has 1 aliphatic carbocycles. The second-order valence-corrected chi connectivity index (χ2v) is 5.62. The van der Waals surface area contributed by atoms with Gasteiger partial charge >= 0.3 is 0 Å². The Bertz CT molecular complexity index is 240. The van der Waals surface area contributed by atoms with Crippen LogP contribution in [0.25, 0.3) is 0 Å². The molecular weight excluding hydrogens is 200 g/mol. The van der Waals surface area contributed by atoms with Gasteiger partial charge in [-0.05, 0) is 45.6 Å². The topological polar surface area (TPSA) is 24.5 Å². The molecule has 2 unspecified atom stereocenters. The van der Waals surface area contributed by atoms with Crippen molar-refractivity contribution in [2.24, 2.45) is 0 Å². The van der Waals surface area contributed by atoms with Crippen molar-refractivity contribution < 1.29 is 4.74 Å². The molecule has 0 aromatic heterocycles. The summed E-state index contributed by atoms with van der Waals surface area (Å²) < 4.78 is 5.65. The zero-order valence-corrected chi connectivity index (χ0v) is 10.3. The minimum Gasteiger partial charge on any atom is -0.378 e. The van der Waals surface area contributed by atoms with Crippen molar-refractivity contribution in [1.29, 1.82) is 0 Å². The van der Waals surface area contributed by atoms with E-state index < -0.39 is 0 Å². The summed E-state index contributed by atoms with van der Waals surface area (Å²) in [5, 5.41) is 3.75. The van der Waals surface area contributed by atoms with Crippen LogP contribution in [-0.4, -0.2) is 48.8 Å². The molecule has 3 aliphatic rings. The fourth-order valence-corrected chi connectivity index (χ4v) is 3.51. The lowest BCUT2D eigenvalue weighted by Gasteiger charge is -2.43. The normalized spacial score (nSPS) is 44.1. The fourth-order valence-electron chi connectivity index (χ4n) is 3.51. The summed E-state index contributed by atoms with van der Waals surface area (Å²) in [5.74, 6) is 0. The molecule has 2 atom stereocenters. The number of hydrogen-bond donors (Lipinski definition) is 1. The maximum absolute atomic E-state index is 5.65.